The van der Waals surface area contributed by atoms with Crippen molar-refractivity contribution in [3.8, 4) is 0 Å². The van der Waals surface area contributed by atoms with Crippen molar-refractivity contribution in [1.82, 2.24) is 0 Å². The molecule has 2 N–H and O–H groups in total. The summed E-state index contributed by atoms with van der Waals surface area (Å²) in [5, 5.41) is 0.474. The summed E-state index contributed by atoms with van der Waals surface area (Å²) in [6.45, 7) is 2.11. The number of hydrogen-bond acceptors (Lipinski definition) is 3. The molecule has 21 heavy (non-hydrogen) atoms. The minimum absolute atomic E-state index is 0.284. The summed E-state index contributed by atoms with van der Waals surface area (Å²) in [7, 11) is -3.88. The third-order valence-corrected chi connectivity index (χ3v) is 5.15. The Morgan fingerprint density at radius 1 is 0.952 bits per heavy atom. The molecule has 2 rings (SSSR count). The van der Waals surface area contributed by atoms with Gasteiger partial charge in [-0.15, -0.1) is 0 Å². The molecule has 1 atom stereocenters. The Morgan fingerprint density at radius 3 is 2.10 bits per heavy atom. The number of hydrogen-bond donors (Lipinski definition) is 2. The average molecular weight is 306 g/mol. The predicted octanol–water partition coefficient (Wildman–Crippen LogP) is 3.74. The zero-order valence-electron chi connectivity index (χ0n) is 12.3. The molecular weight excluding hydrogens is 283 g/mol. The van der Waals surface area contributed by atoms with Gasteiger partial charge in [-0.1, -0.05) is 0 Å². The zero-order chi connectivity index (χ0) is 15.1. The Bertz CT molecular complexity index is 528. The van der Waals surface area contributed by atoms with Crippen LogP contribution in [0.1, 0.15) is 37.9 Å². The van der Waals surface area contributed by atoms with Gasteiger partial charge in [0.1, 0.15) is 0 Å². The summed E-state index contributed by atoms with van der Waals surface area (Å²) >= 11 is 0. The number of benzene rings is 2. The maximum atomic E-state index is 10.4. The normalized spacial score (nSPS) is 13.9. The molecule has 0 aromatic heterocycles. The van der Waals surface area contributed by atoms with Crippen LogP contribution in [-0.4, -0.2) is 9.79 Å². The van der Waals surface area contributed by atoms with Gasteiger partial charge in [-0.05, 0) is 0 Å². The first kappa shape index (κ1) is 16.1. The second-order valence-corrected chi connectivity index (χ2v) is 7.16. The van der Waals surface area contributed by atoms with E-state index in [-0.39, 0.29) is 6.10 Å². The summed E-state index contributed by atoms with van der Waals surface area (Å²) in [5.41, 5.74) is 0.988. The van der Waals surface area contributed by atoms with Crippen LogP contribution in [0.2, 0.25) is 0 Å². The van der Waals surface area contributed by atoms with Crippen LogP contribution in [0, 0.1) is 0 Å². The Hall–Kier alpha value is -1.25. The van der Waals surface area contributed by atoms with Crippen molar-refractivity contribution >= 4 is 13.2 Å². The van der Waals surface area contributed by atoms with E-state index in [4.69, 9.17) is 4.52 Å². The van der Waals surface area contributed by atoms with Gasteiger partial charge in [0.05, 0.1) is 0 Å². The molecule has 0 radical (unpaired) electrons. The topological polar surface area (TPSA) is 49.7 Å². The third kappa shape index (κ3) is 4.62. The standard InChI is InChI=1S/C17H23O3P/c1-2-3-14-17(15-10-6-4-7-11-15)20-21(18,19)16-12-8-5-9-13-16/h4-13,17-19,21H,2-3,14H2,1H3. The van der Waals surface area contributed by atoms with Gasteiger partial charge < -0.3 is 0 Å². The fourth-order valence-corrected chi connectivity index (χ4v) is 3.69. The number of unbranched alkanes of at least 4 members (excludes halogenated alkanes) is 1. The van der Waals surface area contributed by atoms with Crippen LogP contribution in [0.15, 0.2) is 60.7 Å². The van der Waals surface area contributed by atoms with Gasteiger partial charge in [0.15, 0.2) is 0 Å². The average Bonchev–Trinajstić information content (AvgIpc) is 2.53. The minimum atomic E-state index is -3.88. The zero-order valence-corrected chi connectivity index (χ0v) is 13.3. The SMILES string of the molecule is CCCCC(O[PH](O)(O)c1ccccc1)c1ccccc1. The van der Waals surface area contributed by atoms with E-state index in [0.29, 0.717) is 5.30 Å². The van der Waals surface area contributed by atoms with Crippen molar-refractivity contribution in [3.05, 3.63) is 66.2 Å². The quantitative estimate of drug-likeness (QED) is 0.766. The Balaban J connectivity index is 2.18. The molecule has 0 saturated heterocycles. The van der Waals surface area contributed by atoms with Gasteiger partial charge >= 0.3 is 126 Å². The van der Waals surface area contributed by atoms with Gasteiger partial charge in [0, 0.05) is 0 Å². The van der Waals surface area contributed by atoms with E-state index >= 15 is 0 Å². The first-order valence-electron chi connectivity index (χ1n) is 7.36. The molecule has 0 saturated carbocycles. The Morgan fingerprint density at radius 2 is 1.52 bits per heavy atom. The van der Waals surface area contributed by atoms with Crippen LogP contribution in [0.3, 0.4) is 0 Å². The fourth-order valence-electron chi connectivity index (χ4n) is 2.27. The predicted molar refractivity (Wildman–Crippen MR) is 88.6 cm³/mol. The molecular formula is C17H23O3P. The van der Waals surface area contributed by atoms with E-state index in [2.05, 4.69) is 6.92 Å². The molecule has 1 unspecified atom stereocenters. The van der Waals surface area contributed by atoms with Gasteiger partial charge in [-0.25, -0.2) is 0 Å². The van der Waals surface area contributed by atoms with E-state index in [1.807, 2.05) is 36.4 Å². The van der Waals surface area contributed by atoms with Crippen LogP contribution in [-0.2, 0) is 4.52 Å². The third-order valence-electron chi connectivity index (χ3n) is 3.45. The van der Waals surface area contributed by atoms with Crippen LogP contribution < -0.4 is 5.30 Å². The van der Waals surface area contributed by atoms with E-state index < -0.39 is 7.94 Å². The molecule has 0 fully saturated rings. The van der Waals surface area contributed by atoms with E-state index in [9.17, 15) is 9.79 Å². The molecule has 4 heteroatoms. The summed E-state index contributed by atoms with van der Waals surface area (Å²) < 4.78 is 5.76. The molecule has 114 valence electrons. The molecule has 0 bridgehead atoms. The van der Waals surface area contributed by atoms with Gasteiger partial charge in [0.2, 0.25) is 0 Å². The molecule has 0 aliphatic carbocycles. The van der Waals surface area contributed by atoms with Crippen molar-refractivity contribution in [2.75, 3.05) is 0 Å². The van der Waals surface area contributed by atoms with Gasteiger partial charge in [-0.3, -0.25) is 0 Å². The second-order valence-electron chi connectivity index (χ2n) is 5.13. The second kappa shape index (κ2) is 7.67. The van der Waals surface area contributed by atoms with Crippen LogP contribution >= 0.6 is 7.94 Å². The fraction of sp³-hybridized carbons (Fsp3) is 0.294. The van der Waals surface area contributed by atoms with E-state index in [1.54, 1.807) is 24.3 Å². The van der Waals surface area contributed by atoms with Gasteiger partial charge in [-0.2, -0.15) is 0 Å². The van der Waals surface area contributed by atoms with Gasteiger partial charge in [0.25, 0.3) is 0 Å². The molecule has 2 aromatic rings. The summed E-state index contributed by atoms with van der Waals surface area (Å²) in [5.74, 6) is 0. The first-order chi connectivity index (χ1) is 10.1. The first-order valence-corrected chi connectivity index (χ1v) is 9.17. The molecule has 2 aromatic carbocycles. The van der Waals surface area contributed by atoms with E-state index in [0.717, 1.165) is 24.8 Å². The molecule has 0 aliphatic heterocycles. The van der Waals surface area contributed by atoms with Crippen molar-refractivity contribution < 1.29 is 14.3 Å². The van der Waals surface area contributed by atoms with Crippen molar-refractivity contribution in [2.45, 2.75) is 32.3 Å². The van der Waals surface area contributed by atoms with Crippen molar-refractivity contribution in [2.24, 2.45) is 0 Å². The Kier molecular flexibility index (Phi) is 5.89. The summed E-state index contributed by atoms with van der Waals surface area (Å²) in [6, 6.07) is 18.6. The molecule has 0 amide bonds. The summed E-state index contributed by atoms with van der Waals surface area (Å²) in [4.78, 5) is 20.8. The number of rotatable bonds is 7. The molecule has 0 aliphatic rings. The monoisotopic (exact) mass is 306 g/mol. The maximum absolute atomic E-state index is 10.4. The van der Waals surface area contributed by atoms with Crippen molar-refractivity contribution in [1.29, 1.82) is 0 Å². The summed E-state index contributed by atoms with van der Waals surface area (Å²) in [6.07, 6.45) is 2.53. The van der Waals surface area contributed by atoms with Crippen LogP contribution in [0.5, 0.6) is 0 Å². The van der Waals surface area contributed by atoms with E-state index in [1.165, 1.54) is 0 Å². The molecule has 0 spiro atoms. The van der Waals surface area contributed by atoms with Crippen LogP contribution in [0.25, 0.3) is 0 Å². The molecule has 3 nitrogen and oxygen atoms in total. The van der Waals surface area contributed by atoms with Crippen molar-refractivity contribution in [3.63, 3.8) is 0 Å². The van der Waals surface area contributed by atoms with Crippen LogP contribution in [0.4, 0.5) is 0 Å². The Labute approximate surface area is 126 Å². The molecule has 0 heterocycles.